The molecule has 7 nitrogen and oxygen atoms in total. The summed E-state index contributed by atoms with van der Waals surface area (Å²) in [6.45, 7) is 1.92. The van der Waals surface area contributed by atoms with E-state index in [1.807, 2.05) is 25.2 Å². The van der Waals surface area contributed by atoms with E-state index in [2.05, 4.69) is 80.1 Å². The number of piperidine rings is 1. The van der Waals surface area contributed by atoms with Gasteiger partial charge in [0.05, 0.1) is 18.3 Å². The van der Waals surface area contributed by atoms with Crippen LogP contribution in [-0.2, 0) is 0 Å². The maximum atomic E-state index is 5.54. The number of nitrogens with one attached hydrogen (secondary N) is 2. The molecule has 3 aromatic carbocycles. The summed E-state index contributed by atoms with van der Waals surface area (Å²) in [5.41, 5.74) is 4.08. The Bertz CT molecular complexity index is 1560. The number of ether oxygens (including phenoxy) is 1. The molecule has 0 radical (unpaired) electrons. The highest BCUT2D eigenvalue weighted by Crippen LogP contribution is 2.34. The van der Waals surface area contributed by atoms with Gasteiger partial charge in [0.15, 0.2) is 0 Å². The van der Waals surface area contributed by atoms with E-state index in [9.17, 15) is 0 Å². The lowest BCUT2D eigenvalue weighted by Gasteiger charge is -2.34. The maximum absolute atomic E-state index is 5.54. The van der Waals surface area contributed by atoms with Gasteiger partial charge in [0.1, 0.15) is 11.6 Å². The van der Waals surface area contributed by atoms with Gasteiger partial charge < -0.3 is 20.3 Å². The second-order valence-corrected chi connectivity index (χ2v) is 9.39. The van der Waals surface area contributed by atoms with Crippen LogP contribution in [0.3, 0.4) is 0 Å². The third-order valence-electron chi connectivity index (χ3n) is 7.10. The van der Waals surface area contributed by atoms with Crippen LogP contribution in [-0.4, -0.2) is 48.2 Å². The number of para-hydroxylation sites is 1. The van der Waals surface area contributed by atoms with Gasteiger partial charge in [0.2, 0.25) is 5.95 Å². The number of pyridine rings is 1. The minimum absolute atomic E-state index is 0.361. The molecule has 0 aliphatic carbocycles. The fourth-order valence-electron chi connectivity index (χ4n) is 5.08. The van der Waals surface area contributed by atoms with E-state index in [0.29, 0.717) is 12.0 Å². The first-order chi connectivity index (χ1) is 18.2. The van der Waals surface area contributed by atoms with Crippen LogP contribution >= 0.6 is 0 Å². The number of fused-ring (bicyclic) bond motifs is 2. The molecule has 2 aromatic heterocycles. The molecule has 1 aliphatic heterocycles. The topological polar surface area (TPSA) is 75.2 Å². The van der Waals surface area contributed by atoms with E-state index in [1.165, 1.54) is 5.39 Å². The molecule has 3 heterocycles. The maximum Gasteiger partial charge on any atom is 0.222 e. The first-order valence-corrected chi connectivity index (χ1v) is 12.7. The normalized spacial score (nSPS) is 14.2. The molecule has 0 atom stereocenters. The highest BCUT2D eigenvalue weighted by molar-refractivity contribution is 5.98. The monoisotopic (exact) mass is 490 g/mol. The summed E-state index contributed by atoms with van der Waals surface area (Å²) in [4.78, 5) is 16.2. The number of anilines is 3. The Balaban J connectivity index is 1.26. The van der Waals surface area contributed by atoms with Crippen molar-refractivity contribution in [2.24, 2.45) is 0 Å². The van der Waals surface area contributed by atoms with Gasteiger partial charge in [-0.3, -0.25) is 0 Å². The molecular weight excluding hydrogens is 460 g/mol. The molecule has 0 spiro atoms. The van der Waals surface area contributed by atoms with Crippen LogP contribution < -0.4 is 20.3 Å². The van der Waals surface area contributed by atoms with Crippen LogP contribution in [0.1, 0.15) is 12.8 Å². The zero-order valence-electron chi connectivity index (χ0n) is 21.1. The average molecular weight is 491 g/mol. The smallest absolute Gasteiger partial charge is 0.222 e. The van der Waals surface area contributed by atoms with Gasteiger partial charge in [-0.15, -0.1) is 0 Å². The van der Waals surface area contributed by atoms with E-state index in [1.54, 1.807) is 13.3 Å². The number of nitrogens with zero attached hydrogens (tertiary/aromatic N) is 4. The predicted octanol–water partition coefficient (Wildman–Crippen LogP) is 5.98. The fraction of sp³-hybridized carbons (Fsp3) is 0.233. The Labute approximate surface area is 216 Å². The molecule has 0 saturated carbocycles. The summed E-state index contributed by atoms with van der Waals surface area (Å²) in [6, 6.07) is 25.5. The number of hydrogen-bond donors (Lipinski definition) is 2. The van der Waals surface area contributed by atoms with Crippen LogP contribution in [0.5, 0.6) is 5.75 Å². The van der Waals surface area contributed by atoms with E-state index in [0.717, 1.165) is 70.7 Å². The van der Waals surface area contributed by atoms with Crippen molar-refractivity contribution in [3.05, 3.63) is 79.0 Å². The lowest BCUT2D eigenvalue weighted by Crippen LogP contribution is -2.39. The van der Waals surface area contributed by atoms with Crippen LogP contribution in [0.15, 0.2) is 79.0 Å². The summed E-state index contributed by atoms with van der Waals surface area (Å²) in [7, 11) is 3.54. The minimum atomic E-state index is 0.361. The third-order valence-corrected chi connectivity index (χ3v) is 7.10. The summed E-state index contributed by atoms with van der Waals surface area (Å²) in [6.07, 6.45) is 3.85. The molecular formula is C30H30N6O. The highest BCUT2D eigenvalue weighted by Gasteiger charge is 2.21. The largest absolute Gasteiger partial charge is 0.497 e. The van der Waals surface area contributed by atoms with Crippen molar-refractivity contribution in [3.8, 4) is 17.0 Å². The Hall–Kier alpha value is -4.39. The molecule has 0 amide bonds. The Morgan fingerprint density at radius 2 is 1.73 bits per heavy atom. The number of benzene rings is 3. The quantitative estimate of drug-likeness (QED) is 0.303. The Morgan fingerprint density at radius 1 is 0.892 bits per heavy atom. The molecule has 37 heavy (non-hydrogen) atoms. The number of rotatable bonds is 6. The van der Waals surface area contributed by atoms with Gasteiger partial charge in [-0.1, -0.05) is 24.3 Å². The van der Waals surface area contributed by atoms with Gasteiger partial charge in [-0.25, -0.2) is 15.0 Å². The molecule has 1 fully saturated rings. The molecule has 7 heteroatoms. The molecule has 2 N–H and O–H groups in total. The molecule has 0 unspecified atom stereocenters. The average Bonchev–Trinajstić information content (AvgIpc) is 2.97. The second kappa shape index (κ2) is 9.93. The number of aromatic nitrogens is 3. The minimum Gasteiger partial charge on any atom is -0.497 e. The van der Waals surface area contributed by atoms with Gasteiger partial charge in [-0.05, 0) is 66.8 Å². The van der Waals surface area contributed by atoms with Gasteiger partial charge in [0, 0.05) is 54.4 Å². The number of methoxy groups -OCH3 is 1. The molecule has 5 aromatic rings. The van der Waals surface area contributed by atoms with Crippen molar-refractivity contribution >= 4 is 39.1 Å². The molecule has 6 rings (SSSR count). The predicted molar refractivity (Wildman–Crippen MR) is 152 cm³/mol. The van der Waals surface area contributed by atoms with Crippen molar-refractivity contribution < 1.29 is 4.74 Å². The van der Waals surface area contributed by atoms with Crippen molar-refractivity contribution in [1.82, 2.24) is 15.0 Å². The lowest BCUT2D eigenvalue weighted by atomic mass is 9.99. The zero-order valence-corrected chi connectivity index (χ0v) is 21.1. The zero-order chi connectivity index (χ0) is 25.2. The molecule has 186 valence electrons. The molecule has 0 bridgehead atoms. The van der Waals surface area contributed by atoms with Gasteiger partial charge in [-0.2, -0.15) is 0 Å². The van der Waals surface area contributed by atoms with Crippen LogP contribution in [0, 0.1) is 0 Å². The van der Waals surface area contributed by atoms with Crippen molar-refractivity contribution in [2.45, 2.75) is 18.9 Å². The summed E-state index contributed by atoms with van der Waals surface area (Å²) in [5, 5.41) is 10.3. The second-order valence-electron chi connectivity index (χ2n) is 9.39. The fourth-order valence-corrected chi connectivity index (χ4v) is 5.08. The van der Waals surface area contributed by atoms with E-state index >= 15 is 0 Å². The van der Waals surface area contributed by atoms with Crippen LogP contribution in [0.4, 0.5) is 17.5 Å². The van der Waals surface area contributed by atoms with Gasteiger partial charge >= 0.3 is 0 Å². The SMILES string of the molecule is CNc1nccc(-c2cc(NC3CCN(c4ccc5ccccc5n4)CC3)c3cc(OC)ccc3c2)n1. The Morgan fingerprint density at radius 3 is 2.57 bits per heavy atom. The summed E-state index contributed by atoms with van der Waals surface area (Å²) >= 11 is 0. The first-order valence-electron chi connectivity index (χ1n) is 12.7. The van der Waals surface area contributed by atoms with Crippen molar-refractivity contribution in [3.63, 3.8) is 0 Å². The van der Waals surface area contributed by atoms with E-state index < -0.39 is 0 Å². The lowest BCUT2D eigenvalue weighted by molar-refractivity contribution is 0.415. The van der Waals surface area contributed by atoms with Crippen LogP contribution in [0.2, 0.25) is 0 Å². The molecule has 1 saturated heterocycles. The van der Waals surface area contributed by atoms with Crippen molar-refractivity contribution in [2.75, 3.05) is 42.8 Å². The van der Waals surface area contributed by atoms with Crippen LogP contribution in [0.25, 0.3) is 32.9 Å². The van der Waals surface area contributed by atoms with Gasteiger partial charge in [0.25, 0.3) is 0 Å². The third kappa shape index (κ3) is 4.72. The van der Waals surface area contributed by atoms with E-state index in [4.69, 9.17) is 9.72 Å². The number of hydrogen-bond acceptors (Lipinski definition) is 7. The Kier molecular flexibility index (Phi) is 6.18. The first kappa shape index (κ1) is 23.0. The standard InChI is InChI=1S/C30H30N6O/c1-31-30-32-14-11-27(35-30)22-17-21-7-9-24(37-2)19-25(21)28(18-22)33-23-12-15-36(16-13-23)29-10-8-20-5-3-4-6-26(20)34-29/h3-11,14,17-19,23,33H,12-13,15-16H2,1-2H3,(H,31,32,35). The summed E-state index contributed by atoms with van der Waals surface area (Å²) in [5.74, 6) is 2.51. The van der Waals surface area contributed by atoms with Crippen molar-refractivity contribution in [1.29, 1.82) is 0 Å². The van der Waals surface area contributed by atoms with E-state index in [-0.39, 0.29) is 0 Å². The molecule has 1 aliphatic rings. The summed E-state index contributed by atoms with van der Waals surface area (Å²) < 4.78 is 5.54. The highest BCUT2D eigenvalue weighted by atomic mass is 16.5.